The highest BCUT2D eigenvalue weighted by Gasteiger charge is 2.16. The summed E-state index contributed by atoms with van der Waals surface area (Å²) in [4.78, 5) is 12.3. The zero-order chi connectivity index (χ0) is 16.7. The first-order chi connectivity index (χ1) is 11.1. The Labute approximate surface area is 137 Å². The number of aliphatic hydroxyl groups excluding tert-OH is 1. The van der Waals surface area contributed by atoms with Gasteiger partial charge in [-0.1, -0.05) is 54.6 Å². The van der Waals surface area contributed by atoms with Crippen LogP contribution in [0.3, 0.4) is 0 Å². The Kier molecular flexibility index (Phi) is 6.18. The fraction of sp³-hybridized carbons (Fsp3) is 0.316. The molecule has 3 N–H and O–H groups in total. The molecule has 0 aromatic heterocycles. The van der Waals surface area contributed by atoms with Crippen LogP contribution < -0.4 is 10.6 Å². The van der Waals surface area contributed by atoms with Gasteiger partial charge < -0.3 is 15.7 Å². The van der Waals surface area contributed by atoms with Crippen LogP contribution in [0.2, 0.25) is 0 Å². The molecule has 0 fully saturated rings. The van der Waals surface area contributed by atoms with Gasteiger partial charge in [-0.05, 0) is 37.0 Å². The van der Waals surface area contributed by atoms with E-state index in [2.05, 4.69) is 10.6 Å². The summed E-state index contributed by atoms with van der Waals surface area (Å²) in [6.07, 6.45) is 0.482. The number of amides is 2. The first-order valence-electron chi connectivity index (χ1n) is 7.90. The summed E-state index contributed by atoms with van der Waals surface area (Å²) >= 11 is 0. The van der Waals surface area contributed by atoms with Crippen molar-refractivity contribution in [1.82, 2.24) is 10.6 Å². The Morgan fingerprint density at radius 3 is 2.35 bits per heavy atom. The van der Waals surface area contributed by atoms with Gasteiger partial charge in [-0.25, -0.2) is 4.79 Å². The van der Waals surface area contributed by atoms with Gasteiger partial charge >= 0.3 is 6.03 Å². The number of nitrogens with one attached hydrogen (secondary N) is 2. The summed E-state index contributed by atoms with van der Waals surface area (Å²) in [6, 6.07) is 17.2. The van der Waals surface area contributed by atoms with Gasteiger partial charge in [-0.3, -0.25) is 0 Å². The number of hydrogen-bond acceptors (Lipinski definition) is 2. The van der Waals surface area contributed by atoms with E-state index in [9.17, 15) is 9.90 Å². The number of hydrogen-bond donors (Lipinski definition) is 3. The van der Waals surface area contributed by atoms with E-state index in [-0.39, 0.29) is 24.7 Å². The number of aliphatic hydroxyl groups is 1. The Morgan fingerprint density at radius 1 is 1.04 bits per heavy atom. The van der Waals surface area contributed by atoms with Gasteiger partial charge in [-0.15, -0.1) is 0 Å². The first-order valence-corrected chi connectivity index (χ1v) is 7.90. The van der Waals surface area contributed by atoms with Crippen molar-refractivity contribution < 1.29 is 9.90 Å². The molecule has 0 bridgehead atoms. The zero-order valence-corrected chi connectivity index (χ0v) is 13.6. The van der Waals surface area contributed by atoms with Gasteiger partial charge in [0.15, 0.2) is 0 Å². The van der Waals surface area contributed by atoms with Crippen molar-refractivity contribution in [2.45, 2.75) is 32.4 Å². The molecular weight excluding hydrogens is 288 g/mol. The molecule has 2 aromatic rings. The van der Waals surface area contributed by atoms with E-state index in [0.717, 1.165) is 16.7 Å². The van der Waals surface area contributed by atoms with Gasteiger partial charge in [0.2, 0.25) is 0 Å². The van der Waals surface area contributed by atoms with Crippen molar-refractivity contribution in [3.05, 3.63) is 71.3 Å². The Balaban J connectivity index is 2.01. The average Bonchev–Trinajstić information content (AvgIpc) is 2.55. The minimum atomic E-state index is -0.233. The number of rotatable bonds is 6. The molecule has 0 heterocycles. The van der Waals surface area contributed by atoms with Crippen LogP contribution in [0.25, 0.3) is 0 Å². The summed E-state index contributed by atoms with van der Waals surface area (Å²) in [6.45, 7) is 4.02. The van der Waals surface area contributed by atoms with Crippen molar-refractivity contribution in [2.75, 3.05) is 6.61 Å². The fourth-order valence-corrected chi connectivity index (χ4v) is 2.68. The largest absolute Gasteiger partial charge is 0.396 e. The van der Waals surface area contributed by atoms with Crippen molar-refractivity contribution in [3.63, 3.8) is 0 Å². The van der Waals surface area contributed by atoms with E-state index in [4.69, 9.17) is 0 Å². The van der Waals surface area contributed by atoms with E-state index in [1.807, 2.05) is 68.4 Å². The molecule has 2 aromatic carbocycles. The molecule has 0 aliphatic carbocycles. The van der Waals surface area contributed by atoms with Crippen LogP contribution in [0.5, 0.6) is 0 Å². The quantitative estimate of drug-likeness (QED) is 0.765. The van der Waals surface area contributed by atoms with Crippen LogP contribution in [0, 0.1) is 6.92 Å². The normalized spacial score (nSPS) is 13.2. The highest BCUT2D eigenvalue weighted by atomic mass is 16.3. The van der Waals surface area contributed by atoms with Crippen LogP contribution in [-0.2, 0) is 0 Å². The minimum Gasteiger partial charge on any atom is -0.396 e. The lowest BCUT2D eigenvalue weighted by Gasteiger charge is -2.22. The third-order valence-corrected chi connectivity index (χ3v) is 3.93. The van der Waals surface area contributed by atoms with Gasteiger partial charge in [0, 0.05) is 6.61 Å². The minimum absolute atomic E-state index is 0.0210. The summed E-state index contributed by atoms with van der Waals surface area (Å²) in [7, 11) is 0. The molecule has 4 heteroatoms. The van der Waals surface area contributed by atoms with Crippen molar-refractivity contribution >= 4 is 6.03 Å². The maximum Gasteiger partial charge on any atom is 0.315 e. The Morgan fingerprint density at radius 2 is 1.70 bits per heavy atom. The molecule has 0 spiro atoms. The average molecular weight is 312 g/mol. The molecule has 122 valence electrons. The summed E-state index contributed by atoms with van der Waals surface area (Å²) in [5.74, 6) is 0. The third kappa shape index (κ3) is 4.83. The van der Waals surface area contributed by atoms with E-state index in [0.29, 0.717) is 6.42 Å². The number of benzene rings is 2. The molecule has 2 amide bonds. The second-order valence-corrected chi connectivity index (χ2v) is 5.67. The molecule has 2 rings (SSSR count). The topological polar surface area (TPSA) is 61.4 Å². The summed E-state index contributed by atoms with van der Waals surface area (Å²) < 4.78 is 0. The molecule has 0 saturated heterocycles. The fourth-order valence-electron chi connectivity index (χ4n) is 2.68. The van der Waals surface area contributed by atoms with Crippen LogP contribution in [-0.4, -0.2) is 17.7 Å². The molecule has 0 aliphatic rings. The number of carbonyl (C=O) groups excluding carboxylic acids is 1. The van der Waals surface area contributed by atoms with Gasteiger partial charge in [-0.2, -0.15) is 0 Å². The van der Waals surface area contributed by atoms with Gasteiger partial charge in [0.1, 0.15) is 0 Å². The predicted octanol–water partition coefficient (Wildman–Crippen LogP) is 3.48. The number of carbonyl (C=O) groups is 1. The maximum absolute atomic E-state index is 12.3. The Hall–Kier alpha value is -2.33. The molecular formula is C19H24N2O2. The Bertz CT molecular complexity index is 628. The standard InChI is InChI=1S/C19H24N2O2/c1-14-8-6-7-11-17(14)15(2)20-19(23)21-18(12-13-22)16-9-4-3-5-10-16/h3-11,15,18,22H,12-13H2,1-2H3,(H2,20,21,23)/t15?,18-/m1/s1. The molecule has 23 heavy (non-hydrogen) atoms. The highest BCUT2D eigenvalue weighted by Crippen LogP contribution is 2.18. The predicted molar refractivity (Wildman–Crippen MR) is 92.1 cm³/mol. The second-order valence-electron chi connectivity index (χ2n) is 5.67. The molecule has 1 unspecified atom stereocenters. The van der Waals surface area contributed by atoms with Crippen molar-refractivity contribution in [3.8, 4) is 0 Å². The third-order valence-electron chi connectivity index (χ3n) is 3.93. The molecule has 2 atom stereocenters. The van der Waals surface area contributed by atoms with Crippen LogP contribution in [0.1, 0.15) is 42.1 Å². The number of aryl methyl sites for hydroxylation is 1. The van der Waals surface area contributed by atoms with Crippen LogP contribution >= 0.6 is 0 Å². The summed E-state index contributed by atoms with van der Waals surface area (Å²) in [5, 5.41) is 15.1. The lowest BCUT2D eigenvalue weighted by molar-refractivity contribution is 0.226. The number of urea groups is 1. The second kappa shape index (κ2) is 8.34. The van der Waals surface area contributed by atoms with Crippen molar-refractivity contribution in [2.24, 2.45) is 0 Å². The van der Waals surface area contributed by atoms with E-state index < -0.39 is 0 Å². The van der Waals surface area contributed by atoms with E-state index in [1.165, 1.54) is 0 Å². The van der Waals surface area contributed by atoms with E-state index >= 15 is 0 Å². The van der Waals surface area contributed by atoms with Crippen molar-refractivity contribution in [1.29, 1.82) is 0 Å². The lowest BCUT2D eigenvalue weighted by atomic mass is 10.0. The smallest absolute Gasteiger partial charge is 0.315 e. The SMILES string of the molecule is Cc1ccccc1C(C)NC(=O)N[C@H](CCO)c1ccccc1. The maximum atomic E-state index is 12.3. The van der Waals surface area contributed by atoms with Crippen LogP contribution in [0.4, 0.5) is 4.79 Å². The first kappa shape index (κ1) is 17.0. The molecule has 0 aliphatic heterocycles. The van der Waals surface area contributed by atoms with Crippen LogP contribution in [0.15, 0.2) is 54.6 Å². The molecule has 0 radical (unpaired) electrons. The van der Waals surface area contributed by atoms with Gasteiger partial charge in [0.25, 0.3) is 0 Å². The van der Waals surface area contributed by atoms with Gasteiger partial charge in [0.05, 0.1) is 12.1 Å². The monoisotopic (exact) mass is 312 g/mol. The zero-order valence-electron chi connectivity index (χ0n) is 13.6. The van der Waals surface area contributed by atoms with E-state index in [1.54, 1.807) is 0 Å². The summed E-state index contributed by atoms with van der Waals surface area (Å²) in [5.41, 5.74) is 3.23. The highest BCUT2D eigenvalue weighted by molar-refractivity contribution is 5.75. The molecule has 4 nitrogen and oxygen atoms in total. The molecule has 0 saturated carbocycles. The lowest BCUT2D eigenvalue weighted by Crippen LogP contribution is -2.39.